The average Bonchev–Trinajstić information content (AvgIpc) is 2.79. The third-order valence-corrected chi connectivity index (χ3v) is 8.70. The summed E-state index contributed by atoms with van der Waals surface area (Å²) in [7, 11) is 0. The van der Waals surface area contributed by atoms with Crippen molar-refractivity contribution in [2.24, 2.45) is 0 Å². The lowest BCUT2D eigenvalue weighted by molar-refractivity contribution is -0.937. The molecule has 30 heavy (non-hydrogen) atoms. The van der Waals surface area contributed by atoms with Crippen molar-refractivity contribution in [3.63, 3.8) is 0 Å². The molecule has 0 bridgehead atoms. The number of benzene rings is 1. The normalized spacial score (nSPS) is 13.1. The molecule has 0 N–H and O–H groups in total. The topological polar surface area (TPSA) is 0 Å². The Kier molecular flexibility index (Phi) is 11.0. The van der Waals surface area contributed by atoms with Crippen LogP contribution in [0.3, 0.4) is 0 Å². The second-order valence-electron chi connectivity index (χ2n) is 9.50. The first-order valence-electron chi connectivity index (χ1n) is 13.0. The molecule has 0 saturated heterocycles. The molecule has 0 amide bonds. The van der Waals surface area contributed by atoms with Crippen LogP contribution in [0.2, 0.25) is 0 Å². The largest absolute Gasteiger partial charge is 0.321 e. The minimum atomic E-state index is 1.17. The highest BCUT2D eigenvalue weighted by Gasteiger charge is 2.27. The number of hydrogen-bond donors (Lipinski definition) is 0. The molecule has 3 nitrogen and oxygen atoms in total. The van der Waals surface area contributed by atoms with Gasteiger partial charge in [-0.3, -0.25) is 0 Å². The summed E-state index contributed by atoms with van der Waals surface area (Å²) in [5.74, 6) is 0. The van der Waals surface area contributed by atoms with E-state index in [1.165, 1.54) is 92.0 Å². The third-order valence-electron chi connectivity index (χ3n) is 8.70. The molecule has 0 spiro atoms. The molecule has 174 valence electrons. The molecule has 0 saturated carbocycles. The summed E-state index contributed by atoms with van der Waals surface area (Å²) in [4.78, 5) is 0. The Morgan fingerprint density at radius 1 is 0.367 bits per heavy atom. The monoisotopic (exact) mass is 420 g/mol. The molecular weight excluding hydrogens is 366 g/mol. The third kappa shape index (κ3) is 6.55. The van der Waals surface area contributed by atoms with E-state index in [9.17, 15) is 0 Å². The van der Waals surface area contributed by atoms with Crippen LogP contribution in [0, 0.1) is 0 Å². The minimum absolute atomic E-state index is 1.17. The van der Waals surface area contributed by atoms with Crippen molar-refractivity contribution >= 4 is 0 Å². The molecule has 0 atom stereocenters. The molecule has 1 aromatic rings. The van der Waals surface area contributed by atoms with Gasteiger partial charge in [0.2, 0.25) is 0 Å². The molecule has 1 aromatic carbocycles. The summed E-state index contributed by atoms with van der Waals surface area (Å²) in [6.45, 7) is 35.6. The fourth-order valence-corrected chi connectivity index (χ4v) is 5.29. The summed E-state index contributed by atoms with van der Waals surface area (Å²) < 4.78 is 3.56. The number of rotatable bonds is 15. The van der Waals surface area contributed by atoms with Crippen LogP contribution in [0.4, 0.5) is 0 Å². The number of quaternary nitrogens is 3. The average molecular weight is 421 g/mol. The van der Waals surface area contributed by atoms with Gasteiger partial charge in [-0.15, -0.1) is 0 Å². The molecule has 0 aliphatic heterocycles. The molecule has 0 aromatic heterocycles. The van der Waals surface area contributed by atoms with Gasteiger partial charge in [-0.2, -0.15) is 0 Å². The number of nitrogens with zero attached hydrogens (tertiary/aromatic N) is 3. The minimum Gasteiger partial charge on any atom is -0.321 e. The van der Waals surface area contributed by atoms with E-state index < -0.39 is 0 Å². The van der Waals surface area contributed by atoms with Crippen LogP contribution in [-0.2, 0) is 19.6 Å². The van der Waals surface area contributed by atoms with Crippen LogP contribution in [0.5, 0.6) is 0 Å². The van der Waals surface area contributed by atoms with Crippen molar-refractivity contribution in [3.05, 3.63) is 34.9 Å². The van der Waals surface area contributed by atoms with E-state index in [1.54, 1.807) is 16.7 Å². The molecule has 0 aliphatic carbocycles. The fourth-order valence-electron chi connectivity index (χ4n) is 5.29. The van der Waals surface area contributed by atoms with Crippen LogP contribution < -0.4 is 0 Å². The summed E-state index contributed by atoms with van der Waals surface area (Å²) in [5, 5.41) is 0. The van der Waals surface area contributed by atoms with E-state index in [-0.39, 0.29) is 0 Å². The van der Waals surface area contributed by atoms with Gasteiger partial charge in [0.1, 0.15) is 19.6 Å². The Morgan fingerprint density at radius 3 is 0.667 bits per heavy atom. The van der Waals surface area contributed by atoms with Crippen LogP contribution in [-0.4, -0.2) is 72.4 Å². The first-order chi connectivity index (χ1) is 14.3. The van der Waals surface area contributed by atoms with Crippen molar-refractivity contribution < 1.29 is 13.4 Å². The van der Waals surface area contributed by atoms with E-state index in [0.717, 1.165) is 0 Å². The van der Waals surface area contributed by atoms with Crippen LogP contribution in [0.15, 0.2) is 18.2 Å². The zero-order valence-electron chi connectivity index (χ0n) is 22.1. The van der Waals surface area contributed by atoms with Gasteiger partial charge >= 0.3 is 0 Å². The zero-order valence-corrected chi connectivity index (χ0v) is 22.1. The van der Waals surface area contributed by atoms with Crippen molar-refractivity contribution in [1.82, 2.24) is 0 Å². The summed E-state index contributed by atoms with van der Waals surface area (Å²) in [6, 6.07) is 7.64. The van der Waals surface area contributed by atoms with Gasteiger partial charge in [0.15, 0.2) is 0 Å². The van der Waals surface area contributed by atoms with E-state index in [1.807, 2.05) is 0 Å². The molecule has 1 rings (SSSR count). The van der Waals surface area contributed by atoms with Gasteiger partial charge in [-0.1, -0.05) is 0 Å². The summed E-state index contributed by atoms with van der Waals surface area (Å²) in [6.07, 6.45) is 0. The maximum Gasteiger partial charge on any atom is 0.104 e. The number of hydrogen-bond acceptors (Lipinski definition) is 0. The van der Waals surface area contributed by atoms with E-state index in [0.29, 0.717) is 0 Å². The van der Waals surface area contributed by atoms with Gasteiger partial charge in [0.05, 0.1) is 58.9 Å². The second kappa shape index (κ2) is 12.2. The second-order valence-corrected chi connectivity index (χ2v) is 9.50. The maximum atomic E-state index is 2.55. The van der Waals surface area contributed by atoms with Crippen LogP contribution >= 0.6 is 0 Å². The van der Waals surface area contributed by atoms with Gasteiger partial charge in [-0.05, 0) is 80.5 Å². The standard InChI is InChI=1S/C27H54N3/c1-10-28(11-2,12-3)22-25-19-26(23-29(13-4,14-5)15-6)21-27(20-25)24-30(16-7,17-8)18-9/h19-21H,10-18,22-24H2,1-9H3/q+3. The lowest BCUT2D eigenvalue weighted by Gasteiger charge is -2.38. The highest BCUT2D eigenvalue weighted by molar-refractivity contribution is 5.29. The SMILES string of the molecule is CC[N+](CC)(CC)Cc1cc(C[N+](CC)(CC)CC)cc(C[N+](CC)(CC)CC)c1. The lowest BCUT2D eigenvalue weighted by Crippen LogP contribution is -2.48. The summed E-state index contributed by atoms with van der Waals surface area (Å²) in [5.41, 5.74) is 4.66. The Hall–Kier alpha value is -0.900. The predicted octanol–water partition coefficient (Wildman–Crippen LogP) is 5.82. The Balaban J connectivity index is 3.43. The molecule has 0 fully saturated rings. The van der Waals surface area contributed by atoms with Crippen LogP contribution in [0.25, 0.3) is 0 Å². The highest BCUT2D eigenvalue weighted by Crippen LogP contribution is 2.24. The van der Waals surface area contributed by atoms with Gasteiger partial charge in [0.25, 0.3) is 0 Å². The lowest BCUT2D eigenvalue weighted by atomic mass is 10.0. The highest BCUT2D eigenvalue weighted by atomic mass is 15.4. The molecule has 0 unspecified atom stereocenters. The van der Waals surface area contributed by atoms with E-state index in [4.69, 9.17) is 0 Å². The smallest absolute Gasteiger partial charge is 0.104 e. The predicted molar refractivity (Wildman–Crippen MR) is 133 cm³/mol. The van der Waals surface area contributed by atoms with E-state index >= 15 is 0 Å². The Labute approximate surface area is 189 Å². The zero-order chi connectivity index (χ0) is 22.8. The van der Waals surface area contributed by atoms with Crippen molar-refractivity contribution in [3.8, 4) is 0 Å². The maximum absolute atomic E-state index is 2.55. The molecule has 0 radical (unpaired) electrons. The van der Waals surface area contributed by atoms with Crippen molar-refractivity contribution in [2.75, 3.05) is 58.9 Å². The molecule has 0 aliphatic rings. The Bertz CT molecular complexity index is 488. The van der Waals surface area contributed by atoms with Gasteiger partial charge in [-0.25, -0.2) is 0 Å². The van der Waals surface area contributed by atoms with Crippen molar-refractivity contribution in [1.29, 1.82) is 0 Å². The first-order valence-corrected chi connectivity index (χ1v) is 13.0. The van der Waals surface area contributed by atoms with Gasteiger partial charge < -0.3 is 13.4 Å². The van der Waals surface area contributed by atoms with Crippen molar-refractivity contribution in [2.45, 2.75) is 81.9 Å². The first kappa shape index (κ1) is 27.1. The van der Waals surface area contributed by atoms with Gasteiger partial charge in [0, 0.05) is 16.7 Å². The van der Waals surface area contributed by atoms with Crippen LogP contribution in [0.1, 0.15) is 79.0 Å². The molecular formula is C27H54N3+3. The Morgan fingerprint density at radius 2 is 0.533 bits per heavy atom. The summed E-state index contributed by atoms with van der Waals surface area (Å²) >= 11 is 0. The quantitative estimate of drug-likeness (QED) is 0.314. The van der Waals surface area contributed by atoms with E-state index in [2.05, 4.69) is 80.5 Å². The fraction of sp³-hybridized carbons (Fsp3) is 0.778. The molecule has 0 heterocycles. The molecule has 3 heteroatoms.